The molecule has 0 aliphatic heterocycles. The summed E-state index contributed by atoms with van der Waals surface area (Å²) >= 11 is 0. The van der Waals surface area contributed by atoms with Crippen molar-refractivity contribution >= 4 is 5.84 Å². The van der Waals surface area contributed by atoms with E-state index in [1.807, 2.05) is 0 Å². The summed E-state index contributed by atoms with van der Waals surface area (Å²) in [5, 5.41) is 7.46. The van der Waals surface area contributed by atoms with Crippen molar-refractivity contribution in [1.82, 2.24) is 0 Å². The lowest BCUT2D eigenvalue weighted by molar-refractivity contribution is 0.129. The first-order chi connectivity index (χ1) is 8.56. The Morgan fingerprint density at radius 3 is 2.89 bits per heavy atom. The molecule has 0 bridgehead atoms. The zero-order chi connectivity index (χ0) is 13.1. The lowest BCUT2D eigenvalue weighted by atomic mass is 9.88. The highest BCUT2D eigenvalue weighted by molar-refractivity contribution is 5.97. The molecular formula is C14H19FN2O. The fourth-order valence-corrected chi connectivity index (χ4v) is 2.48. The molecule has 0 aromatic heterocycles. The van der Waals surface area contributed by atoms with Gasteiger partial charge < -0.3 is 10.5 Å². The van der Waals surface area contributed by atoms with Crippen LogP contribution in [-0.4, -0.2) is 11.9 Å². The first-order valence-corrected chi connectivity index (χ1v) is 6.37. The fraction of sp³-hybridized carbons (Fsp3) is 0.500. The number of nitrogens with one attached hydrogen (secondary N) is 1. The summed E-state index contributed by atoms with van der Waals surface area (Å²) in [6, 6.07) is 4.16. The van der Waals surface area contributed by atoms with E-state index < -0.39 is 5.82 Å². The molecule has 3 N–H and O–H groups in total. The summed E-state index contributed by atoms with van der Waals surface area (Å²) in [7, 11) is 0. The summed E-state index contributed by atoms with van der Waals surface area (Å²) in [6.45, 7) is 2.21. The highest BCUT2D eigenvalue weighted by atomic mass is 19.1. The summed E-state index contributed by atoms with van der Waals surface area (Å²) in [5.41, 5.74) is 5.79. The topological polar surface area (TPSA) is 59.1 Å². The molecule has 0 radical (unpaired) electrons. The molecule has 1 fully saturated rings. The molecule has 2 rings (SSSR count). The maximum atomic E-state index is 13.1. The number of ether oxygens (including phenoxy) is 1. The van der Waals surface area contributed by atoms with Crippen LogP contribution in [0.2, 0.25) is 0 Å². The van der Waals surface area contributed by atoms with Crippen molar-refractivity contribution in [3.05, 3.63) is 29.6 Å². The van der Waals surface area contributed by atoms with Crippen LogP contribution in [0.1, 0.15) is 38.2 Å². The molecule has 2 unspecified atom stereocenters. The highest BCUT2D eigenvalue weighted by Crippen LogP contribution is 2.29. The molecule has 0 heterocycles. The Kier molecular flexibility index (Phi) is 3.84. The van der Waals surface area contributed by atoms with Crippen molar-refractivity contribution in [2.24, 2.45) is 11.7 Å². The third kappa shape index (κ3) is 3.00. The Labute approximate surface area is 107 Å². The van der Waals surface area contributed by atoms with Crippen molar-refractivity contribution in [3.63, 3.8) is 0 Å². The number of hydrogen-bond acceptors (Lipinski definition) is 2. The van der Waals surface area contributed by atoms with Gasteiger partial charge in [0.1, 0.15) is 17.4 Å². The smallest absolute Gasteiger partial charge is 0.130 e. The highest BCUT2D eigenvalue weighted by Gasteiger charge is 2.21. The van der Waals surface area contributed by atoms with Gasteiger partial charge in [-0.15, -0.1) is 0 Å². The normalized spacial score (nSPS) is 23.7. The fourth-order valence-electron chi connectivity index (χ4n) is 2.48. The van der Waals surface area contributed by atoms with E-state index in [2.05, 4.69) is 6.92 Å². The van der Waals surface area contributed by atoms with Crippen molar-refractivity contribution in [3.8, 4) is 5.75 Å². The number of rotatable bonds is 3. The van der Waals surface area contributed by atoms with Gasteiger partial charge in [0.25, 0.3) is 0 Å². The van der Waals surface area contributed by atoms with Gasteiger partial charge in [-0.3, -0.25) is 5.41 Å². The predicted octanol–water partition coefficient (Wildman–Crippen LogP) is 3.07. The number of nitrogen functional groups attached to an aromatic ring is 1. The van der Waals surface area contributed by atoms with E-state index in [0.29, 0.717) is 17.2 Å². The molecule has 1 aliphatic carbocycles. The van der Waals surface area contributed by atoms with Gasteiger partial charge in [0.15, 0.2) is 0 Å². The van der Waals surface area contributed by atoms with Gasteiger partial charge in [0.2, 0.25) is 0 Å². The van der Waals surface area contributed by atoms with E-state index in [9.17, 15) is 4.39 Å². The summed E-state index contributed by atoms with van der Waals surface area (Å²) in [5.74, 6) is 0.617. The summed E-state index contributed by atoms with van der Waals surface area (Å²) in [6.07, 6.45) is 4.57. The van der Waals surface area contributed by atoms with E-state index in [1.54, 1.807) is 6.07 Å². The molecule has 1 aliphatic rings. The van der Waals surface area contributed by atoms with E-state index in [4.69, 9.17) is 15.9 Å². The molecule has 1 aromatic carbocycles. The number of hydrogen-bond donors (Lipinski definition) is 2. The Hall–Kier alpha value is -1.58. The van der Waals surface area contributed by atoms with Gasteiger partial charge in [0.05, 0.1) is 11.7 Å². The van der Waals surface area contributed by atoms with E-state index in [-0.39, 0.29) is 11.9 Å². The Morgan fingerprint density at radius 2 is 2.22 bits per heavy atom. The van der Waals surface area contributed by atoms with Crippen LogP contribution in [0.15, 0.2) is 18.2 Å². The standard InChI is InChI=1S/C14H19FN2O/c1-9-3-2-4-11(7-9)18-13-6-5-10(15)8-12(13)14(16)17/h5-6,8-9,11H,2-4,7H2,1H3,(H3,16,17). The molecule has 0 saturated heterocycles. The van der Waals surface area contributed by atoms with Crippen molar-refractivity contribution < 1.29 is 9.13 Å². The summed E-state index contributed by atoms with van der Waals surface area (Å²) < 4.78 is 19.0. The van der Waals surface area contributed by atoms with Crippen LogP contribution in [0, 0.1) is 17.1 Å². The second-order valence-electron chi connectivity index (χ2n) is 5.07. The second-order valence-corrected chi connectivity index (χ2v) is 5.07. The third-order valence-electron chi connectivity index (χ3n) is 3.41. The van der Waals surface area contributed by atoms with Gasteiger partial charge >= 0.3 is 0 Å². The molecule has 1 saturated carbocycles. The van der Waals surface area contributed by atoms with Crippen LogP contribution in [0.5, 0.6) is 5.75 Å². The molecule has 0 spiro atoms. The van der Waals surface area contributed by atoms with Gasteiger partial charge in [0, 0.05) is 0 Å². The molecule has 0 amide bonds. The van der Waals surface area contributed by atoms with E-state index in [1.165, 1.54) is 18.6 Å². The molecule has 98 valence electrons. The van der Waals surface area contributed by atoms with Gasteiger partial charge in [-0.05, 0) is 43.4 Å². The van der Waals surface area contributed by atoms with Crippen molar-refractivity contribution in [1.29, 1.82) is 5.41 Å². The quantitative estimate of drug-likeness (QED) is 0.639. The van der Waals surface area contributed by atoms with Gasteiger partial charge in [-0.2, -0.15) is 0 Å². The predicted molar refractivity (Wildman–Crippen MR) is 69.5 cm³/mol. The lowest BCUT2D eigenvalue weighted by Crippen LogP contribution is -2.25. The third-order valence-corrected chi connectivity index (χ3v) is 3.41. The molecule has 2 atom stereocenters. The van der Waals surface area contributed by atoms with Crippen LogP contribution >= 0.6 is 0 Å². The van der Waals surface area contributed by atoms with Crippen LogP contribution < -0.4 is 10.5 Å². The molecule has 3 nitrogen and oxygen atoms in total. The largest absolute Gasteiger partial charge is 0.490 e. The zero-order valence-corrected chi connectivity index (χ0v) is 10.6. The average Bonchev–Trinajstić information content (AvgIpc) is 2.31. The first kappa shape index (κ1) is 12.9. The maximum absolute atomic E-state index is 13.1. The minimum atomic E-state index is -0.399. The monoisotopic (exact) mass is 250 g/mol. The average molecular weight is 250 g/mol. The molecule has 4 heteroatoms. The van der Waals surface area contributed by atoms with E-state index in [0.717, 1.165) is 19.3 Å². The van der Waals surface area contributed by atoms with Gasteiger partial charge in [-0.1, -0.05) is 13.3 Å². The Morgan fingerprint density at radius 1 is 1.44 bits per heavy atom. The zero-order valence-electron chi connectivity index (χ0n) is 10.6. The van der Waals surface area contributed by atoms with Crippen molar-refractivity contribution in [2.45, 2.75) is 38.7 Å². The minimum Gasteiger partial charge on any atom is -0.490 e. The lowest BCUT2D eigenvalue weighted by Gasteiger charge is -2.28. The minimum absolute atomic E-state index is 0.150. The second kappa shape index (κ2) is 5.38. The molecular weight excluding hydrogens is 231 g/mol. The number of benzene rings is 1. The van der Waals surface area contributed by atoms with Crippen LogP contribution in [-0.2, 0) is 0 Å². The van der Waals surface area contributed by atoms with Crippen LogP contribution in [0.25, 0.3) is 0 Å². The Bertz CT molecular complexity index is 447. The molecule has 1 aromatic rings. The van der Waals surface area contributed by atoms with E-state index >= 15 is 0 Å². The number of amidine groups is 1. The Balaban J connectivity index is 2.15. The maximum Gasteiger partial charge on any atom is 0.130 e. The first-order valence-electron chi connectivity index (χ1n) is 6.37. The molecule has 18 heavy (non-hydrogen) atoms. The SMILES string of the molecule is CC1CCCC(Oc2ccc(F)cc2C(=N)N)C1. The van der Waals surface area contributed by atoms with Crippen LogP contribution in [0.4, 0.5) is 4.39 Å². The number of halogens is 1. The summed E-state index contributed by atoms with van der Waals surface area (Å²) in [4.78, 5) is 0. The van der Waals surface area contributed by atoms with Crippen LogP contribution in [0.3, 0.4) is 0 Å². The van der Waals surface area contributed by atoms with Gasteiger partial charge in [-0.25, -0.2) is 4.39 Å². The van der Waals surface area contributed by atoms with Crippen molar-refractivity contribution in [2.75, 3.05) is 0 Å². The number of nitrogens with two attached hydrogens (primary N) is 1.